The third kappa shape index (κ3) is 3.08. The molecule has 0 spiro atoms. The lowest BCUT2D eigenvalue weighted by atomic mass is 9.83. The van der Waals surface area contributed by atoms with Crippen LogP contribution in [0.3, 0.4) is 0 Å². The van der Waals surface area contributed by atoms with E-state index in [1.807, 2.05) is 0 Å². The van der Waals surface area contributed by atoms with Crippen molar-refractivity contribution in [3.8, 4) is 0 Å². The van der Waals surface area contributed by atoms with Gasteiger partial charge in [0.2, 0.25) is 0 Å². The van der Waals surface area contributed by atoms with Gasteiger partial charge in [-0.05, 0) is 42.5 Å². The first kappa shape index (κ1) is 12.1. The van der Waals surface area contributed by atoms with Crippen LogP contribution in [0.4, 0.5) is 0 Å². The molecule has 0 aromatic carbocycles. The van der Waals surface area contributed by atoms with Crippen molar-refractivity contribution in [1.82, 2.24) is 0 Å². The molecule has 0 saturated heterocycles. The maximum atomic E-state index is 10.7. The number of hydrogen-bond acceptors (Lipinski definition) is 2. The molecule has 1 nitrogen and oxygen atoms in total. The molecule has 1 aromatic rings. The van der Waals surface area contributed by atoms with E-state index in [9.17, 15) is 5.11 Å². The van der Waals surface area contributed by atoms with E-state index in [2.05, 4.69) is 31.4 Å². The zero-order chi connectivity index (χ0) is 11.6. The maximum Gasteiger partial charge on any atom is 0.0696 e. The normalized spacial score (nSPS) is 29.9. The van der Waals surface area contributed by atoms with Crippen LogP contribution in [0, 0.1) is 5.41 Å². The summed E-state index contributed by atoms with van der Waals surface area (Å²) in [5, 5.41) is 12.8. The molecule has 0 radical (unpaired) electrons. The quantitative estimate of drug-likeness (QED) is 0.772. The van der Waals surface area contributed by atoms with E-state index in [-0.39, 0.29) is 0 Å². The highest BCUT2D eigenvalue weighted by Gasteiger charge is 2.33. The standard InChI is InChI=1S/C14H22OS/c1-13(2)6-4-7-14(15,9-8-13)11-12-5-3-10-16-12/h3,5,10,15H,4,6-9,11H2,1-2H3. The van der Waals surface area contributed by atoms with Crippen LogP contribution in [-0.4, -0.2) is 10.7 Å². The summed E-state index contributed by atoms with van der Waals surface area (Å²) in [4.78, 5) is 1.32. The Morgan fingerprint density at radius 3 is 2.75 bits per heavy atom. The van der Waals surface area contributed by atoms with E-state index in [0.717, 1.165) is 32.1 Å². The van der Waals surface area contributed by atoms with Crippen molar-refractivity contribution in [2.75, 3.05) is 0 Å². The Morgan fingerprint density at radius 1 is 1.25 bits per heavy atom. The molecular weight excluding hydrogens is 216 g/mol. The van der Waals surface area contributed by atoms with Gasteiger partial charge in [-0.2, -0.15) is 0 Å². The fourth-order valence-electron chi connectivity index (χ4n) is 2.63. The zero-order valence-electron chi connectivity index (χ0n) is 10.3. The number of aliphatic hydroxyl groups is 1. The van der Waals surface area contributed by atoms with E-state index >= 15 is 0 Å². The Labute approximate surface area is 103 Å². The highest BCUT2D eigenvalue weighted by molar-refractivity contribution is 7.09. The number of hydrogen-bond donors (Lipinski definition) is 1. The van der Waals surface area contributed by atoms with Crippen molar-refractivity contribution in [3.63, 3.8) is 0 Å². The van der Waals surface area contributed by atoms with E-state index in [0.29, 0.717) is 5.41 Å². The molecule has 0 aliphatic heterocycles. The Hall–Kier alpha value is -0.340. The molecule has 1 saturated carbocycles. The molecule has 1 heterocycles. The van der Waals surface area contributed by atoms with Gasteiger partial charge in [-0.1, -0.05) is 26.3 Å². The van der Waals surface area contributed by atoms with Gasteiger partial charge in [-0.15, -0.1) is 11.3 Å². The molecule has 16 heavy (non-hydrogen) atoms. The first-order chi connectivity index (χ1) is 7.49. The molecule has 1 atom stereocenters. The minimum absolute atomic E-state index is 0.417. The van der Waals surface area contributed by atoms with Crippen LogP contribution in [0.5, 0.6) is 0 Å². The van der Waals surface area contributed by atoms with Crippen LogP contribution in [0.15, 0.2) is 17.5 Å². The average molecular weight is 238 g/mol. The van der Waals surface area contributed by atoms with Crippen LogP contribution in [-0.2, 0) is 6.42 Å². The van der Waals surface area contributed by atoms with Gasteiger partial charge in [0.05, 0.1) is 5.60 Å². The van der Waals surface area contributed by atoms with Gasteiger partial charge in [-0.3, -0.25) is 0 Å². The summed E-state index contributed by atoms with van der Waals surface area (Å²) in [6.45, 7) is 4.65. The van der Waals surface area contributed by atoms with Crippen molar-refractivity contribution in [1.29, 1.82) is 0 Å². The zero-order valence-corrected chi connectivity index (χ0v) is 11.1. The van der Waals surface area contributed by atoms with Crippen molar-refractivity contribution >= 4 is 11.3 Å². The third-order valence-electron chi connectivity index (χ3n) is 3.85. The second-order valence-electron chi connectivity index (χ2n) is 6.00. The Morgan fingerprint density at radius 2 is 2.06 bits per heavy atom. The second-order valence-corrected chi connectivity index (χ2v) is 7.03. The van der Waals surface area contributed by atoms with E-state index in [1.165, 1.54) is 11.3 Å². The molecule has 0 bridgehead atoms. The van der Waals surface area contributed by atoms with E-state index < -0.39 is 5.60 Å². The summed E-state index contributed by atoms with van der Waals surface area (Å²) in [5.41, 5.74) is -0.0292. The molecule has 2 heteroatoms. The minimum atomic E-state index is -0.446. The number of rotatable bonds is 2. The lowest BCUT2D eigenvalue weighted by Gasteiger charge is -2.27. The molecule has 1 N–H and O–H groups in total. The summed E-state index contributed by atoms with van der Waals surface area (Å²) >= 11 is 1.76. The van der Waals surface area contributed by atoms with Crippen molar-refractivity contribution in [3.05, 3.63) is 22.4 Å². The monoisotopic (exact) mass is 238 g/mol. The Bertz CT molecular complexity index is 329. The topological polar surface area (TPSA) is 20.2 Å². The molecule has 0 amide bonds. The summed E-state index contributed by atoms with van der Waals surface area (Å²) < 4.78 is 0. The lowest BCUT2D eigenvalue weighted by Crippen LogP contribution is -2.30. The van der Waals surface area contributed by atoms with Crippen molar-refractivity contribution in [2.24, 2.45) is 5.41 Å². The van der Waals surface area contributed by atoms with Gasteiger partial charge in [0.25, 0.3) is 0 Å². The van der Waals surface area contributed by atoms with Crippen LogP contribution in [0.2, 0.25) is 0 Å². The fraction of sp³-hybridized carbons (Fsp3) is 0.714. The van der Waals surface area contributed by atoms with Crippen molar-refractivity contribution < 1.29 is 5.11 Å². The Balaban J connectivity index is 2.02. The fourth-order valence-corrected chi connectivity index (χ4v) is 3.47. The van der Waals surface area contributed by atoms with E-state index in [1.54, 1.807) is 11.3 Å². The predicted octanol–water partition coefficient (Wildman–Crippen LogP) is 4.01. The van der Waals surface area contributed by atoms with Gasteiger partial charge < -0.3 is 5.11 Å². The lowest BCUT2D eigenvalue weighted by molar-refractivity contribution is 0.0233. The van der Waals surface area contributed by atoms with Crippen molar-refractivity contribution in [2.45, 2.75) is 58.0 Å². The molecule has 1 fully saturated rings. The van der Waals surface area contributed by atoms with Gasteiger partial charge in [0, 0.05) is 11.3 Å². The Kier molecular flexibility index (Phi) is 3.41. The summed E-state index contributed by atoms with van der Waals surface area (Å²) in [5.74, 6) is 0. The highest BCUT2D eigenvalue weighted by atomic mass is 32.1. The van der Waals surface area contributed by atoms with Gasteiger partial charge in [0.1, 0.15) is 0 Å². The predicted molar refractivity (Wildman–Crippen MR) is 69.8 cm³/mol. The first-order valence-corrected chi connectivity index (χ1v) is 7.12. The smallest absolute Gasteiger partial charge is 0.0696 e. The van der Waals surface area contributed by atoms with E-state index in [4.69, 9.17) is 0 Å². The third-order valence-corrected chi connectivity index (χ3v) is 4.72. The van der Waals surface area contributed by atoms with Crippen LogP contribution in [0.1, 0.15) is 50.8 Å². The molecule has 90 valence electrons. The average Bonchev–Trinajstić information content (AvgIpc) is 2.63. The number of thiophene rings is 1. The summed E-state index contributed by atoms with van der Waals surface area (Å²) in [6.07, 6.45) is 6.33. The van der Waals surface area contributed by atoms with Crippen LogP contribution in [0.25, 0.3) is 0 Å². The van der Waals surface area contributed by atoms with Crippen LogP contribution < -0.4 is 0 Å². The molecule has 1 aliphatic carbocycles. The molecule has 1 aromatic heterocycles. The minimum Gasteiger partial charge on any atom is -0.390 e. The van der Waals surface area contributed by atoms with Gasteiger partial charge in [0.15, 0.2) is 0 Å². The van der Waals surface area contributed by atoms with Gasteiger partial charge in [-0.25, -0.2) is 0 Å². The van der Waals surface area contributed by atoms with Crippen LogP contribution >= 0.6 is 11.3 Å². The second kappa shape index (κ2) is 4.50. The largest absolute Gasteiger partial charge is 0.390 e. The first-order valence-electron chi connectivity index (χ1n) is 6.24. The maximum absolute atomic E-state index is 10.7. The van der Waals surface area contributed by atoms with Gasteiger partial charge >= 0.3 is 0 Å². The molecule has 1 aliphatic rings. The molecular formula is C14H22OS. The molecule has 1 unspecified atom stereocenters. The molecule has 2 rings (SSSR count). The SMILES string of the molecule is CC1(C)CCCC(O)(Cc2cccs2)CC1. The highest BCUT2D eigenvalue weighted by Crippen LogP contribution is 2.39. The summed E-state index contributed by atoms with van der Waals surface area (Å²) in [6, 6.07) is 4.21. The summed E-state index contributed by atoms with van der Waals surface area (Å²) in [7, 11) is 0.